The first-order chi connectivity index (χ1) is 13.6. The predicted octanol–water partition coefficient (Wildman–Crippen LogP) is 3.40. The number of amides is 1. The lowest BCUT2D eigenvalue weighted by molar-refractivity contribution is 0.0939. The van der Waals surface area contributed by atoms with Gasteiger partial charge in [-0.3, -0.25) is 19.1 Å². The van der Waals surface area contributed by atoms with Crippen molar-refractivity contribution >= 4 is 16.8 Å². The molecule has 0 saturated heterocycles. The predicted molar refractivity (Wildman–Crippen MR) is 108 cm³/mol. The van der Waals surface area contributed by atoms with Crippen molar-refractivity contribution in [3.05, 3.63) is 70.0 Å². The highest BCUT2D eigenvalue weighted by molar-refractivity contribution is 5.97. The maximum absolute atomic E-state index is 12.9. The molecule has 6 heteroatoms. The topological polar surface area (TPSA) is 76.9 Å². The minimum Gasteiger partial charge on any atom is -0.344 e. The fraction of sp³-hybridized carbons (Fsp3) is 0.364. The van der Waals surface area contributed by atoms with Crippen LogP contribution < -0.4 is 10.9 Å². The molecule has 1 atom stereocenters. The van der Waals surface area contributed by atoms with Gasteiger partial charge < -0.3 is 5.32 Å². The second-order valence-electron chi connectivity index (χ2n) is 7.33. The van der Waals surface area contributed by atoms with Crippen LogP contribution in [0.2, 0.25) is 0 Å². The molecule has 1 aliphatic rings. The standard InChI is InChI=1S/C22H24N4O2/c1-15(18-8-5-6-12-23-18)24-21(27)16-10-11-17-19(14-16)25-20-9-4-2-3-7-13-26(20)22(17)28/h5-6,8,10-12,14-15H,2-4,7,9,13H2,1H3,(H,24,27). The summed E-state index contributed by atoms with van der Waals surface area (Å²) in [4.78, 5) is 34.6. The highest BCUT2D eigenvalue weighted by Gasteiger charge is 2.16. The van der Waals surface area contributed by atoms with Crippen LogP contribution in [0, 0.1) is 0 Å². The number of carbonyl (C=O) groups is 1. The smallest absolute Gasteiger partial charge is 0.261 e. The van der Waals surface area contributed by atoms with Crippen LogP contribution in [0.3, 0.4) is 0 Å². The quantitative estimate of drug-likeness (QED) is 0.760. The second-order valence-corrected chi connectivity index (χ2v) is 7.33. The molecule has 0 saturated carbocycles. The Balaban J connectivity index is 1.64. The number of carbonyl (C=O) groups excluding carboxylic acids is 1. The first kappa shape index (κ1) is 18.3. The third kappa shape index (κ3) is 3.67. The van der Waals surface area contributed by atoms with Crippen molar-refractivity contribution in [3.8, 4) is 0 Å². The number of aromatic nitrogens is 3. The Labute approximate surface area is 163 Å². The number of benzene rings is 1. The molecule has 2 aromatic heterocycles. The average molecular weight is 376 g/mol. The minimum atomic E-state index is -0.209. The molecule has 1 unspecified atom stereocenters. The van der Waals surface area contributed by atoms with Gasteiger partial charge in [0.05, 0.1) is 22.6 Å². The summed E-state index contributed by atoms with van der Waals surface area (Å²) >= 11 is 0. The fourth-order valence-corrected chi connectivity index (χ4v) is 3.72. The zero-order valence-corrected chi connectivity index (χ0v) is 16.0. The lowest BCUT2D eigenvalue weighted by atomic mass is 10.1. The summed E-state index contributed by atoms with van der Waals surface area (Å²) in [7, 11) is 0. The zero-order valence-electron chi connectivity index (χ0n) is 16.0. The normalized spacial score (nSPS) is 15.3. The van der Waals surface area contributed by atoms with Crippen molar-refractivity contribution in [2.24, 2.45) is 0 Å². The van der Waals surface area contributed by atoms with Crippen molar-refractivity contribution in [1.82, 2.24) is 19.9 Å². The van der Waals surface area contributed by atoms with Gasteiger partial charge in [0, 0.05) is 24.7 Å². The molecule has 0 radical (unpaired) electrons. The Bertz CT molecular complexity index is 1060. The van der Waals surface area contributed by atoms with Gasteiger partial charge in [-0.15, -0.1) is 0 Å². The average Bonchev–Trinajstić information content (AvgIpc) is 2.69. The van der Waals surface area contributed by atoms with Crippen molar-refractivity contribution in [3.63, 3.8) is 0 Å². The molecular formula is C22H24N4O2. The molecule has 144 valence electrons. The first-order valence-corrected chi connectivity index (χ1v) is 9.89. The van der Waals surface area contributed by atoms with Gasteiger partial charge in [0.2, 0.25) is 0 Å². The van der Waals surface area contributed by atoms with Gasteiger partial charge in [0.1, 0.15) is 5.82 Å². The third-order valence-corrected chi connectivity index (χ3v) is 5.31. The lowest BCUT2D eigenvalue weighted by Gasteiger charge is -2.17. The van der Waals surface area contributed by atoms with E-state index in [1.165, 1.54) is 6.42 Å². The molecule has 0 fully saturated rings. The number of hydrogen-bond donors (Lipinski definition) is 1. The number of rotatable bonds is 3. The van der Waals surface area contributed by atoms with Crippen LogP contribution in [0.4, 0.5) is 0 Å². The third-order valence-electron chi connectivity index (χ3n) is 5.31. The fourth-order valence-electron chi connectivity index (χ4n) is 3.72. The number of aryl methyl sites for hydroxylation is 1. The highest BCUT2D eigenvalue weighted by atomic mass is 16.1. The van der Waals surface area contributed by atoms with Crippen LogP contribution in [0.5, 0.6) is 0 Å². The summed E-state index contributed by atoms with van der Waals surface area (Å²) < 4.78 is 1.81. The summed E-state index contributed by atoms with van der Waals surface area (Å²) in [5, 5.41) is 3.53. The summed E-state index contributed by atoms with van der Waals surface area (Å²) in [6, 6.07) is 10.5. The summed E-state index contributed by atoms with van der Waals surface area (Å²) in [5.41, 5.74) is 1.89. The molecule has 1 aliphatic heterocycles. The Morgan fingerprint density at radius 2 is 2.00 bits per heavy atom. The molecule has 28 heavy (non-hydrogen) atoms. The second kappa shape index (κ2) is 7.92. The molecular weight excluding hydrogens is 352 g/mol. The lowest BCUT2D eigenvalue weighted by Crippen LogP contribution is -2.28. The number of pyridine rings is 1. The van der Waals surface area contributed by atoms with Crippen molar-refractivity contribution < 1.29 is 4.79 Å². The molecule has 1 N–H and O–H groups in total. The van der Waals surface area contributed by atoms with Gasteiger partial charge in [-0.1, -0.05) is 18.9 Å². The van der Waals surface area contributed by atoms with Gasteiger partial charge in [0.15, 0.2) is 0 Å². The van der Waals surface area contributed by atoms with Crippen LogP contribution in [-0.4, -0.2) is 20.4 Å². The van der Waals surface area contributed by atoms with E-state index in [4.69, 9.17) is 4.98 Å². The van der Waals surface area contributed by atoms with Crippen LogP contribution in [0.15, 0.2) is 47.4 Å². The van der Waals surface area contributed by atoms with E-state index in [1.54, 1.807) is 24.4 Å². The van der Waals surface area contributed by atoms with Gasteiger partial charge >= 0.3 is 0 Å². The maximum atomic E-state index is 12.9. The largest absolute Gasteiger partial charge is 0.344 e. The summed E-state index contributed by atoms with van der Waals surface area (Å²) in [5.74, 6) is 0.630. The Hall–Kier alpha value is -3.02. The number of hydrogen-bond acceptors (Lipinski definition) is 4. The van der Waals surface area contributed by atoms with E-state index in [0.717, 1.165) is 43.7 Å². The zero-order chi connectivity index (χ0) is 19.5. The van der Waals surface area contributed by atoms with E-state index < -0.39 is 0 Å². The van der Waals surface area contributed by atoms with Gasteiger partial charge in [-0.05, 0) is 50.1 Å². The van der Waals surface area contributed by atoms with E-state index in [1.807, 2.05) is 29.7 Å². The first-order valence-electron chi connectivity index (χ1n) is 9.89. The van der Waals surface area contributed by atoms with Crippen molar-refractivity contribution in [2.45, 2.75) is 51.6 Å². The van der Waals surface area contributed by atoms with E-state index in [9.17, 15) is 9.59 Å². The molecule has 1 amide bonds. The van der Waals surface area contributed by atoms with Crippen molar-refractivity contribution in [2.75, 3.05) is 0 Å². The van der Waals surface area contributed by atoms with Gasteiger partial charge in [-0.2, -0.15) is 0 Å². The van der Waals surface area contributed by atoms with E-state index in [2.05, 4.69) is 10.3 Å². The van der Waals surface area contributed by atoms with Crippen LogP contribution in [-0.2, 0) is 13.0 Å². The van der Waals surface area contributed by atoms with Crippen LogP contribution in [0.1, 0.15) is 60.5 Å². The van der Waals surface area contributed by atoms with Gasteiger partial charge in [-0.25, -0.2) is 4.98 Å². The minimum absolute atomic E-state index is 0.00397. The Kier molecular flexibility index (Phi) is 5.19. The number of nitrogens with zero attached hydrogens (tertiary/aromatic N) is 3. The monoisotopic (exact) mass is 376 g/mol. The Morgan fingerprint density at radius 1 is 1.14 bits per heavy atom. The number of nitrogens with one attached hydrogen (secondary N) is 1. The van der Waals surface area contributed by atoms with Crippen LogP contribution >= 0.6 is 0 Å². The molecule has 4 rings (SSSR count). The molecule has 0 bridgehead atoms. The maximum Gasteiger partial charge on any atom is 0.261 e. The molecule has 0 aliphatic carbocycles. The van der Waals surface area contributed by atoms with Gasteiger partial charge in [0.25, 0.3) is 11.5 Å². The molecule has 3 aromatic rings. The van der Waals surface area contributed by atoms with E-state index >= 15 is 0 Å². The SMILES string of the molecule is CC(NC(=O)c1ccc2c(=O)n3c(nc2c1)CCCCCC3)c1ccccn1. The summed E-state index contributed by atoms with van der Waals surface area (Å²) in [6.45, 7) is 2.62. The van der Waals surface area contributed by atoms with Crippen LogP contribution in [0.25, 0.3) is 10.9 Å². The highest BCUT2D eigenvalue weighted by Crippen LogP contribution is 2.17. The molecule has 3 heterocycles. The Morgan fingerprint density at radius 3 is 2.82 bits per heavy atom. The molecule has 1 aromatic carbocycles. The number of fused-ring (bicyclic) bond motifs is 2. The van der Waals surface area contributed by atoms with Crippen molar-refractivity contribution in [1.29, 1.82) is 0 Å². The molecule has 6 nitrogen and oxygen atoms in total. The van der Waals surface area contributed by atoms with E-state index in [0.29, 0.717) is 16.5 Å². The summed E-state index contributed by atoms with van der Waals surface area (Å²) in [6.07, 6.45) is 6.88. The molecule has 0 spiro atoms. The van der Waals surface area contributed by atoms with E-state index in [-0.39, 0.29) is 17.5 Å².